The number of hydrogen-bond donors (Lipinski definition) is 2. The fourth-order valence-electron chi connectivity index (χ4n) is 1.81. The highest BCUT2D eigenvalue weighted by Crippen LogP contribution is 2.32. The lowest BCUT2D eigenvalue weighted by Gasteiger charge is -1.99. The average Bonchev–Trinajstić information content (AvgIpc) is 2.91. The molecule has 0 atom stereocenters. The Kier molecular flexibility index (Phi) is 3.02. The molecule has 2 aromatic carbocycles. The fourth-order valence-corrected chi connectivity index (χ4v) is 1.81. The maximum atomic E-state index is 13.7. The maximum absolute atomic E-state index is 13.7. The molecule has 3 rings (SSSR count). The molecule has 0 aliphatic carbocycles. The van der Waals surface area contributed by atoms with Gasteiger partial charge >= 0.3 is 0 Å². The molecule has 0 aliphatic heterocycles. The second kappa shape index (κ2) is 4.86. The minimum Gasteiger partial charge on any atom is -0.507 e. The number of benzene rings is 2. The van der Waals surface area contributed by atoms with Gasteiger partial charge in [-0.1, -0.05) is 11.2 Å². The zero-order valence-corrected chi connectivity index (χ0v) is 10.4. The molecule has 0 aliphatic rings. The number of halogens is 2. The molecule has 21 heavy (non-hydrogen) atoms. The van der Waals surface area contributed by atoms with Crippen molar-refractivity contribution in [3.8, 4) is 34.3 Å². The molecule has 0 saturated heterocycles. The minimum absolute atomic E-state index is 0.00607. The molecule has 5 nitrogen and oxygen atoms in total. The van der Waals surface area contributed by atoms with Gasteiger partial charge in [0, 0.05) is 5.56 Å². The molecule has 7 heteroatoms. The Morgan fingerprint density at radius 3 is 2.48 bits per heavy atom. The van der Waals surface area contributed by atoms with E-state index in [-0.39, 0.29) is 28.6 Å². The molecule has 1 aromatic heterocycles. The second-order valence-corrected chi connectivity index (χ2v) is 4.22. The van der Waals surface area contributed by atoms with Gasteiger partial charge < -0.3 is 14.7 Å². The molecule has 3 aromatic rings. The number of rotatable bonds is 2. The molecular formula is C14H8F2N2O3. The standard InChI is InChI=1S/C14H8F2N2O3/c15-8-2-1-3-11(20)12(8)14-17-13(18-21-14)7-4-5-10(19)9(16)6-7/h1-6,19-20H. The summed E-state index contributed by atoms with van der Waals surface area (Å²) in [5.41, 5.74) is 0.0200. The van der Waals surface area contributed by atoms with Crippen molar-refractivity contribution in [1.82, 2.24) is 10.1 Å². The van der Waals surface area contributed by atoms with Crippen LogP contribution in [-0.2, 0) is 0 Å². The van der Waals surface area contributed by atoms with Crippen LogP contribution in [0.4, 0.5) is 8.78 Å². The average molecular weight is 290 g/mol. The molecule has 0 unspecified atom stereocenters. The van der Waals surface area contributed by atoms with E-state index in [2.05, 4.69) is 10.1 Å². The van der Waals surface area contributed by atoms with Crippen LogP contribution in [0.3, 0.4) is 0 Å². The number of aromatic nitrogens is 2. The third-order valence-electron chi connectivity index (χ3n) is 2.84. The van der Waals surface area contributed by atoms with Crippen LogP contribution in [-0.4, -0.2) is 20.4 Å². The van der Waals surface area contributed by atoms with Crippen molar-refractivity contribution in [2.24, 2.45) is 0 Å². The van der Waals surface area contributed by atoms with Crippen LogP contribution in [0.5, 0.6) is 11.5 Å². The van der Waals surface area contributed by atoms with Crippen molar-refractivity contribution in [3.05, 3.63) is 48.0 Å². The molecular weight excluding hydrogens is 282 g/mol. The van der Waals surface area contributed by atoms with E-state index >= 15 is 0 Å². The molecule has 0 amide bonds. The van der Waals surface area contributed by atoms with Gasteiger partial charge in [-0.3, -0.25) is 0 Å². The topological polar surface area (TPSA) is 79.4 Å². The molecule has 0 fully saturated rings. The summed E-state index contributed by atoms with van der Waals surface area (Å²) in [6.07, 6.45) is 0. The second-order valence-electron chi connectivity index (χ2n) is 4.22. The summed E-state index contributed by atoms with van der Waals surface area (Å²) in [4.78, 5) is 3.92. The van der Waals surface area contributed by atoms with Gasteiger partial charge in [-0.2, -0.15) is 4.98 Å². The van der Waals surface area contributed by atoms with Gasteiger partial charge in [0.05, 0.1) is 0 Å². The molecule has 2 N–H and O–H groups in total. The summed E-state index contributed by atoms with van der Waals surface area (Å²) < 4.78 is 31.9. The quantitative estimate of drug-likeness (QED) is 0.758. The zero-order chi connectivity index (χ0) is 15.0. The summed E-state index contributed by atoms with van der Waals surface area (Å²) in [6, 6.07) is 7.29. The Hall–Kier alpha value is -2.96. The normalized spacial score (nSPS) is 10.8. The monoisotopic (exact) mass is 290 g/mol. The lowest BCUT2D eigenvalue weighted by Crippen LogP contribution is -1.86. The number of hydrogen-bond acceptors (Lipinski definition) is 5. The first kappa shape index (κ1) is 13.0. The molecule has 1 heterocycles. The number of phenolic OH excluding ortho intramolecular Hbond substituents is 2. The zero-order valence-electron chi connectivity index (χ0n) is 10.4. The molecule has 0 saturated carbocycles. The Labute approximate surface area is 117 Å². The van der Waals surface area contributed by atoms with Crippen LogP contribution >= 0.6 is 0 Å². The van der Waals surface area contributed by atoms with E-state index in [1.165, 1.54) is 18.2 Å². The number of aromatic hydroxyl groups is 2. The van der Waals surface area contributed by atoms with Crippen molar-refractivity contribution in [3.63, 3.8) is 0 Å². The largest absolute Gasteiger partial charge is 0.507 e. The molecule has 0 bridgehead atoms. The van der Waals surface area contributed by atoms with E-state index in [4.69, 9.17) is 9.63 Å². The van der Waals surface area contributed by atoms with Gasteiger partial charge in [-0.25, -0.2) is 8.78 Å². The van der Waals surface area contributed by atoms with Crippen LogP contribution in [0, 0.1) is 11.6 Å². The first-order valence-electron chi connectivity index (χ1n) is 5.86. The van der Waals surface area contributed by atoms with Gasteiger partial charge in [0.2, 0.25) is 5.82 Å². The van der Waals surface area contributed by atoms with E-state index in [1.54, 1.807) is 0 Å². The summed E-state index contributed by atoms with van der Waals surface area (Å²) >= 11 is 0. The van der Waals surface area contributed by atoms with Crippen LogP contribution in [0.25, 0.3) is 22.8 Å². The Bertz CT molecular complexity index is 797. The van der Waals surface area contributed by atoms with Crippen molar-refractivity contribution in [2.45, 2.75) is 0 Å². The van der Waals surface area contributed by atoms with Crippen LogP contribution in [0.1, 0.15) is 0 Å². The van der Waals surface area contributed by atoms with E-state index < -0.39 is 17.4 Å². The Morgan fingerprint density at radius 1 is 0.952 bits per heavy atom. The predicted octanol–water partition coefficient (Wildman–Crippen LogP) is 3.09. The Balaban J connectivity index is 2.06. The molecule has 0 spiro atoms. The summed E-state index contributed by atoms with van der Waals surface area (Å²) in [5.74, 6) is -2.63. The SMILES string of the molecule is Oc1ccc(-c2noc(-c3c(O)cccc3F)n2)cc1F. The highest BCUT2D eigenvalue weighted by atomic mass is 19.1. The molecule has 106 valence electrons. The lowest BCUT2D eigenvalue weighted by atomic mass is 10.2. The first-order valence-corrected chi connectivity index (χ1v) is 5.86. The van der Waals surface area contributed by atoms with Gasteiger partial charge in [-0.15, -0.1) is 0 Å². The first-order chi connectivity index (χ1) is 10.1. The van der Waals surface area contributed by atoms with Gasteiger partial charge in [-0.05, 0) is 30.3 Å². The highest BCUT2D eigenvalue weighted by molar-refractivity contribution is 5.65. The minimum atomic E-state index is -0.840. The van der Waals surface area contributed by atoms with Crippen LogP contribution in [0.2, 0.25) is 0 Å². The van der Waals surface area contributed by atoms with Gasteiger partial charge in [0.25, 0.3) is 5.89 Å². The third-order valence-corrected chi connectivity index (χ3v) is 2.84. The number of phenols is 2. The highest BCUT2D eigenvalue weighted by Gasteiger charge is 2.18. The Morgan fingerprint density at radius 2 is 1.76 bits per heavy atom. The number of nitrogens with zero attached hydrogens (tertiary/aromatic N) is 2. The van der Waals surface area contributed by atoms with Crippen molar-refractivity contribution in [1.29, 1.82) is 0 Å². The molecule has 0 radical (unpaired) electrons. The van der Waals surface area contributed by atoms with Crippen molar-refractivity contribution in [2.75, 3.05) is 0 Å². The lowest BCUT2D eigenvalue weighted by molar-refractivity contribution is 0.421. The summed E-state index contributed by atoms with van der Waals surface area (Å²) in [6.45, 7) is 0. The predicted molar refractivity (Wildman–Crippen MR) is 68.4 cm³/mol. The van der Waals surface area contributed by atoms with Crippen molar-refractivity contribution < 1.29 is 23.5 Å². The van der Waals surface area contributed by atoms with E-state index in [9.17, 15) is 13.9 Å². The van der Waals surface area contributed by atoms with Crippen molar-refractivity contribution >= 4 is 0 Å². The van der Waals surface area contributed by atoms with E-state index in [0.717, 1.165) is 18.2 Å². The third kappa shape index (κ3) is 2.29. The fraction of sp³-hybridized carbons (Fsp3) is 0. The maximum Gasteiger partial charge on any atom is 0.265 e. The smallest absolute Gasteiger partial charge is 0.265 e. The summed E-state index contributed by atoms with van der Waals surface area (Å²) in [5, 5.41) is 22.4. The van der Waals surface area contributed by atoms with E-state index in [0.29, 0.717) is 0 Å². The van der Waals surface area contributed by atoms with Gasteiger partial charge in [0.15, 0.2) is 11.6 Å². The summed E-state index contributed by atoms with van der Waals surface area (Å²) in [7, 11) is 0. The van der Waals surface area contributed by atoms with Gasteiger partial charge in [0.1, 0.15) is 17.1 Å². The van der Waals surface area contributed by atoms with Crippen LogP contribution in [0.15, 0.2) is 40.9 Å². The van der Waals surface area contributed by atoms with Crippen LogP contribution < -0.4 is 0 Å². The van der Waals surface area contributed by atoms with E-state index in [1.807, 2.05) is 0 Å².